The molecule has 4 nitrogen and oxygen atoms in total. The number of aliphatic hydroxyl groups is 1. The van der Waals surface area contributed by atoms with Crippen LogP contribution < -0.4 is 10.2 Å². The SMILES string of the molecule is OCC1CCN(c2ncccc2NCc2sccc2Cl)CC1. The van der Waals surface area contributed by atoms with Gasteiger partial charge in [-0.15, -0.1) is 11.3 Å². The van der Waals surface area contributed by atoms with Crippen LogP contribution >= 0.6 is 22.9 Å². The average molecular weight is 338 g/mol. The van der Waals surface area contributed by atoms with E-state index in [2.05, 4.69) is 21.3 Å². The zero-order valence-corrected chi connectivity index (χ0v) is 13.9. The standard InChI is InChI=1S/C16H20ClN3OS/c17-13-5-9-22-15(13)10-19-14-2-1-6-18-16(14)20-7-3-12(11-21)4-8-20/h1-2,5-6,9,12,19,21H,3-4,7-8,10-11H2. The van der Waals surface area contributed by atoms with E-state index in [-0.39, 0.29) is 6.61 Å². The summed E-state index contributed by atoms with van der Waals surface area (Å²) in [4.78, 5) is 7.98. The highest BCUT2D eigenvalue weighted by molar-refractivity contribution is 7.10. The van der Waals surface area contributed by atoms with Crippen molar-refractivity contribution < 1.29 is 5.11 Å². The molecular weight excluding hydrogens is 318 g/mol. The Balaban J connectivity index is 1.69. The summed E-state index contributed by atoms with van der Waals surface area (Å²) in [5.74, 6) is 1.42. The van der Waals surface area contributed by atoms with E-state index in [0.29, 0.717) is 12.5 Å². The van der Waals surface area contributed by atoms with Crippen LogP contribution in [0, 0.1) is 5.92 Å². The van der Waals surface area contributed by atoms with Crippen molar-refractivity contribution in [2.75, 3.05) is 29.9 Å². The van der Waals surface area contributed by atoms with Crippen LogP contribution in [0.3, 0.4) is 0 Å². The summed E-state index contributed by atoms with van der Waals surface area (Å²) in [5, 5.41) is 15.5. The summed E-state index contributed by atoms with van der Waals surface area (Å²) < 4.78 is 0. The van der Waals surface area contributed by atoms with Crippen LogP contribution in [0.2, 0.25) is 5.02 Å². The van der Waals surface area contributed by atoms with Crippen LogP contribution in [0.4, 0.5) is 11.5 Å². The first-order valence-electron chi connectivity index (χ1n) is 7.54. The van der Waals surface area contributed by atoms with Crippen LogP contribution in [0.5, 0.6) is 0 Å². The number of anilines is 2. The Bertz CT molecular complexity index is 611. The number of nitrogens with zero attached hydrogens (tertiary/aromatic N) is 2. The molecule has 2 aromatic rings. The van der Waals surface area contributed by atoms with Gasteiger partial charge in [0.2, 0.25) is 0 Å². The molecule has 0 saturated carbocycles. The topological polar surface area (TPSA) is 48.4 Å². The summed E-state index contributed by atoms with van der Waals surface area (Å²) in [7, 11) is 0. The number of rotatable bonds is 5. The number of aromatic nitrogens is 1. The van der Waals surface area contributed by atoms with Gasteiger partial charge in [0.1, 0.15) is 0 Å². The Morgan fingerprint density at radius 1 is 1.36 bits per heavy atom. The molecular formula is C16H20ClN3OS. The predicted octanol–water partition coefficient (Wildman–Crippen LogP) is 3.62. The maximum Gasteiger partial charge on any atom is 0.151 e. The normalized spacial score (nSPS) is 16.0. The van der Waals surface area contributed by atoms with E-state index < -0.39 is 0 Å². The first-order chi connectivity index (χ1) is 10.8. The van der Waals surface area contributed by atoms with Crippen molar-refractivity contribution in [1.29, 1.82) is 0 Å². The number of thiophene rings is 1. The van der Waals surface area contributed by atoms with Crippen molar-refractivity contribution in [3.05, 3.63) is 39.7 Å². The zero-order chi connectivity index (χ0) is 15.4. The third kappa shape index (κ3) is 3.54. The van der Waals surface area contributed by atoms with Crippen LogP contribution in [0.1, 0.15) is 17.7 Å². The highest BCUT2D eigenvalue weighted by Crippen LogP contribution is 2.29. The van der Waals surface area contributed by atoms with Crippen molar-refractivity contribution >= 4 is 34.4 Å². The molecule has 0 atom stereocenters. The van der Waals surface area contributed by atoms with Crippen LogP contribution in [-0.2, 0) is 6.54 Å². The van der Waals surface area contributed by atoms with Gasteiger partial charge in [0.15, 0.2) is 5.82 Å². The molecule has 0 spiro atoms. The number of nitrogens with one attached hydrogen (secondary N) is 1. The van der Waals surface area contributed by atoms with Gasteiger partial charge in [0, 0.05) is 30.8 Å². The van der Waals surface area contributed by atoms with Gasteiger partial charge in [0.25, 0.3) is 0 Å². The lowest BCUT2D eigenvalue weighted by Gasteiger charge is -2.33. The van der Waals surface area contributed by atoms with Crippen molar-refractivity contribution in [3.8, 4) is 0 Å². The number of aliphatic hydroxyl groups excluding tert-OH is 1. The molecule has 2 aromatic heterocycles. The largest absolute Gasteiger partial charge is 0.396 e. The fourth-order valence-corrected chi connectivity index (χ4v) is 3.78. The van der Waals surface area contributed by atoms with Crippen molar-refractivity contribution in [3.63, 3.8) is 0 Å². The molecule has 1 saturated heterocycles. The number of pyridine rings is 1. The van der Waals surface area contributed by atoms with E-state index in [1.54, 1.807) is 11.3 Å². The smallest absolute Gasteiger partial charge is 0.151 e. The lowest BCUT2D eigenvalue weighted by atomic mass is 9.98. The Labute approximate surface area is 139 Å². The lowest BCUT2D eigenvalue weighted by molar-refractivity contribution is 0.203. The molecule has 6 heteroatoms. The summed E-state index contributed by atoms with van der Waals surface area (Å²) in [6.07, 6.45) is 3.86. The Hall–Kier alpha value is -1.30. The summed E-state index contributed by atoms with van der Waals surface area (Å²) in [5.41, 5.74) is 1.04. The summed E-state index contributed by atoms with van der Waals surface area (Å²) >= 11 is 7.80. The molecule has 22 heavy (non-hydrogen) atoms. The number of halogens is 1. The van der Waals surface area contributed by atoms with Crippen molar-refractivity contribution in [2.24, 2.45) is 5.92 Å². The monoisotopic (exact) mass is 337 g/mol. The van der Waals surface area contributed by atoms with Gasteiger partial charge in [-0.3, -0.25) is 0 Å². The highest BCUT2D eigenvalue weighted by Gasteiger charge is 2.21. The second-order valence-electron chi connectivity index (χ2n) is 5.53. The first-order valence-corrected chi connectivity index (χ1v) is 8.80. The second-order valence-corrected chi connectivity index (χ2v) is 6.94. The van der Waals surface area contributed by atoms with Crippen LogP contribution in [-0.4, -0.2) is 29.8 Å². The molecule has 3 rings (SSSR count). The molecule has 0 unspecified atom stereocenters. The molecule has 0 amide bonds. The van der Waals surface area contributed by atoms with Gasteiger partial charge in [-0.2, -0.15) is 0 Å². The van der Waals surface area contributed by atoms with Gasteiger partial charge >= 0.3 is 0 Å². The quantitative estimate of drug-likeness (QED) is 0.875. The molecule has 3 heterocycles. The molecule has 0 aromatic carbocycles. The van der Waals surface area contributed by atoms with E-state index in [0.717, 1.165) is 47.3 Å². The minimum absolute atomic E-state index is 0.290. The van der Waals surface area contributed by atoms with Gasteiger partial charge in [-0.25, -0.2) is 4.98 Å². The summed E-state index contributed by atoms with van der Waals surface area (Å²) in [6, 6.07) is 5.93. The average Bonchev–Trinajstić information content (AvgIpc) is 2.98. The Morgan fingerprint density at radius 2 is 2.18 bits per heavy atom. The molecule has 0 radical (unpaired) electrons. The Kier molecular flexibility index (Phi) is 5.18. The minimum atomic E-state index is 0.290. The number of hydrogen-bond acceptors (Lipinski definition) is 5. The van der Waals surface area contributed by atoms with Crippen LogP contribution in [0.25, 0.3) is 0 Å². The molecule has 1 aliphatic rings. The van der Waals surface area contributed by atoms with Gasteiger partial charge in [-0.1, -0.05) is 11.6 Å². The van der Waals surface area contributed by atoms with Crippen LogP contribution in [0.15, 0.2) is 29.8 Å². The third-order valence-corrected chi connectivity index (χ3v) is 5.48. The van der Waals surface area contributed by atoms with E-state index in [1.807, 2.05) is 23.7 Å². The van der Waals surface area contributed by atoms with Crippen molar-refractivity contribution in [1.82, 2.24) is 4.98 Å². The van der Waals surface area contributed by atoms with E-state index >= 15 is 0 Å². The van der Waals surface area contributed by atoms with Gasteiger partial charge in [-0.05, 0) is 42.3 Å². The lowest BCUT2D eigenvalue weighted by Crippen LogP contribution is -2.35. The van der Waals surface area contributed by atoms with Crippen molar-refractivity contribution in [2.45, 2.75) is 19.4 Å². The molecule has 1 fully saturated rings. The minimum Gasteiger partial charge on any atom is -0.396 e. The predicted molar refractivity (Wildman–Crippen MR) is 92.9 cm³/mol. The van der Waals surface area contributed by atoms with Gasteiger partial charge in [0.05, 0.1) is 17.3 Å². The Morgan fingerprint density at radius 3 is 2.86 bits per heavy atom. The molecule has 118 valence electrons. The fraction of sp³-hybridized carbons (Fsp3) is 0.438. The third-order valence-electron chi connectivity index (χ3n) is 4.09. The molecule has 1 aliphatic heterocycles. The zero-order valence-electron chi connectivity index (χ0n) is 12.3. The van der Waals surface area contributed by atoms with Gasteiger partial charge < -0.3 is 15.3 Å². The molecule has 2 N–H and O–H groups in total. The maximum atomic E-state index is 9.26. The number of hydrogen-bond donors (Lipinski definition) is 2. The molecule has 0 aliphatic carbocycles. The van der Waals surface area contributed by atoms with E-state index in [1.165, 1.54) is 0 Å². The number of piperidine rings is 1. The molecule has 0 bridgehead atoms. The van der Waals surface area contributed by atoms with E-state index in [4.69, 9.17) is 11.6 Å². The van der Waals surface area contributed by atoms with E-state index in [9.17, 15) is 5.11 Å². The fourth-order valence-electron chi connectivity index (χ4n) is 2.74. The first kappa shape index (κ1) is 15.6. The second kappa shape index (κ2) is 7.31. The summed E-state index contributed by atoms with van der Waals surface area (Å²) in [6.45, 7) is 2.88. The maximum absolute atomic E-state index is 9.26. The highest BCUT2D eigenvalue weighted by atomic mass is 35.5.